The number of rotatable bonds is 7. The van der Waals surface area contributed by atoms with Crippen LogP contribution in [0, 0.1) is 3.57 Å². The van der Waals surface area contributed by atoms with Gasteiger partial charge in [0.05, 0.1) is 28.4 Å². The van der Waals surface area contributed by atoms with Gasteiger partial charge in [0.2, 0.25) is 0 Å². The fraction of sp³-hybridized carbons (Fsp3) is 0.500. The minimum atomic E-state index is 0.467. The maximum absolute atomic E-state index is 5.25. The molecule has 7 heteroatoms. The molecule has 2 aromatic heterocycles. The Morgan fingerprint density at radius 3 is 2.81 bits per heavy atom. The maximum atomic E-state index is 5.25. The van der Waals surface area contributed by atoms with E-state index < -0.39 is 0 Å². The molecule has 6 nitrogen and oxygen atoms in total. The van der Waals surface area contributed by atoms with Gasteiger partial charge in [0, 0.05) is 20.2 Å². The SMILES string of the molecule is CCCNc1nc(-c2cncn2CC)nc(COC)c1I. The van der Waals surface area contributed by atoms with Crippen molar-refractivity contribution in [3.63, 3.8) is 0 Å². The highest BCUT2D eigenvalue weighted by atomic mass is 127. The fourth-order valence-corrected chi connectivity index (χ4v) is 2.55. The van der Waals surface area contributed by atoms with E-state index in [1.807, 2.05) is 4.57 Å². The molecule has 0 saturated carbocycles. The van der Waals surface area contributed by atoms with E-state index in [-0.39, 0.29) is 0 Å². The second kappa shape index (κ2) is 7.69. The van der Waals surface area contributed by atoms with Crippen LogP contribution in [0.5, 0.6) is 0 Å². The Morgan fingerprint density at radius 2 is 2.14 bits per heavy atom. The van der Waals surface area contributed by atoms with Crippen LogP contribution in [0.1, 0.15) is 26.0 Å². The summed E-state index contributed by atoms with van der Waals surface area (Å²) in [7, 11) is 1.67. The standard InChI is InChI=1S/C14H20IN5O/c1-4-6-17-14-12(15)10(8-21-3)18-13(19-14)11-7-16-9-20(11)5-2/h7,9H,4-6,8H2,1-3H3,(H,17,18,19). The van der Waals surface area contributed by atoms with Crippen LogP contribution in [0.25, 0.3) is 11.5 Å². The molecule has 114 valence electrons. The molecule has 0 fully saturated rings. The first-order chi connectivity index (χ1) is 10.2. The van der Waals surface area contributed by atoms with Crippen LogP contribution in [-0.2, 0) is 17.9 Å². The number of imidazole rings is 1. The molecule has 0 amide bonds. The minimum absolute atomic E-state index is 0.467. The molecule has 0 aromatic carbocycles. The molecule has 0 aliphatic rings. The van der Waals surface area contributed by atoms with Crippen molar-refractivity contribution in [2.45, 2.75) is 33.4 Å². The lowest BCUT2D eigenvalue weighted by atomic mass is 10.3. The summed E-state index contributed by atoms with van der Waals surface area (Å²) in [5, 5.41) is 3.36. The van der Waals surface area contributed by atoms with E-state index >= 15 is 0 Å². The lowest BCUT2D eigenvalue weighted by Crippen LogP contribution is -2.10. The third-order valence-electron chi connectivity index (χ3n) is 3.03. The van der Waals surface area contributed by atoms with Gasteiger partial charge in [-0.25, -0.2) is 15.0 Å². The van der Waals surface area contributed by atoms with Gasteiger partial charge in [-0.05, 0) is 35.9 Å². The highest BCUT2D eigenvalue weighted by Gasteiger charge is 2.15. The first-order valence-electron chi connectivity index (χ1n) is 7.00. The van der Waals surface area contributed by atoms with Gasteiger partial charge in [0.1, 0.15) is 11.5 Å². The molecule has 0 saturated heterocycles. The molecule has 0 bridgehead atoms. The Balaban J connectivity index is 2.47. The summed E-state index contributed by atoms with van der Waals surface area (Å²) in [4.78, 5) is 13.5. The van der Waals surface area contributed by atoms with Crippen molar-refractivity contribution in [2.75, 3.05) is 19.0 Å². The zero-order valence-corrected chi connectivity index (χ0v) is 14.7. The largest absolute Gasteiger partial charge is 0.378 e. The quantitative estimate of drug-likeness (QED) is 0.723. The second-order valence-corrected chi connectivity index (χ2v) is 5.66. The molecular weight excluding hydrogens is 381 g/mol. The molecule has 21 heavy (non-hydrogen) atoms. The average molecular weight is 401 g/mol. The Hall–Kier alpha value is -1.22. The first kappa shape index (κ1) is 16.2. The predicted molar refractivity (Wildman–Crippen MR) is 91.1 cm³/mol. The molecule has 2 heterocycles. The van der Waals surface area contributed by atoms with E-state index in [2.05, 4.69) is 56.7 Å². The molecule has 0 radical (unpaired) electrons. The van der Waals surface area contributed by atoms with E-state index in [1.54, 1.807) is 19.6 Å². The number of hydrogen-bond donors (Lipinski definition) is 1. The Bertz CT molecular complexity index is 599. The average Bonchev–Trinajstić information content (AvgIpc) is 2.96. The van der Waals surface area contributed by atoms with Gasteiger partial charge in [0.25, 0.3) is 0 Å². The molecule has 0 unspecified atom stereocenters. The molecular formula is C14H20IN5O. The van der Waals surface area contributed by atoms with Gasteiger partial charge in [-0.15, -0.1) is 0 Å². The number of anilines is 1. The summed E-state index contributed by atoms with van der Waals surface area (Å²) < 4.78 is 8.29. The van der Waals surface area contributed by atoms with Crippen LogP contribution in [0.15, 0.2) is 12.5 Å². The van der Waals surface area contributed by atoms with Gasteiger partial charge in [0.15, 0.2) is 5.82 Å². The van der Waals surface area contributed by atoms with E-state index in [1.165, 1.54) is 0 Å². The number of nitrogens with one attached hydrogen (secondary N) is 1. The van der Waals surface area contributed by atoms with Crippen LogP contribution >= 0.6 is 22.6 Å². The number of hydrogen-bond acceptors (Lipinski definition) is 5. The summed E-state index contributed by atoms with van der Waals surface area (Å²) in [5.74, 6) is 1.54. The number of nitrogens with zero attached hydrogens (tertiary/aromatic N) is 4. The molecule has 0 atom stereocenters. The highest BCUT2D eigenvalue weighted by molar-refractivity contribution is 14.1. The molecule has 0 aliphatic heterocycles. The Kier molecular flexibility index (Phi) is 5.92. The molecule has 1 N–H and O–H groups in total. The van der Waals surface area contributed by atoms with Crippen molar-refractivity contribution in [1.82, 2.24) is 19.5 Å². The van der Waals surface area contributed by atoms with Crippen molar-refractivity contribution < 1.29 is 4.74 Å². The number of halogens is 1. The number of aryl methyl sites for hydroxylation is 1. The van der Waals surface area contributed by atoms with Crippen molar-refractivity contribution in [2.24, 2.45) is 0 Å². The van der Waals surface area contributed by atoms with E-state index in [9.17, 15) is 0 Å². The second-order valence-electron chi connectivity index (χ2n) is 4.58. The third kappa shape index (κ3) is 3.70. The Labute approximate surface area is 138 Å². The molecule has 2 rings (SSSR count). The lowest BCUT2D eigenvalue weighted by molar-refractivity contribution is 0.181. The van der Waals surface area contributed by atoms with E-state index in [4.69, 9.17) is 4.74 Å². The van der Waals surface area contributed by atoms with Gasteiger partial charge >= 0.3 is 0 Å². The van der Waals surface area contributed by atoms with Crippen LogP contribution in [0.3, 0.4) is 0 Å². The molecule has 0 spiro atoms. The van der Waals surface area contributed by atoms with Crippen LogP contribution in [0.4, 0.5) is 5.82 Å². The topological polar surface area (TPSA) is 64.9 Å². The smallest absolute Gasteiger partial charge is 0.180 e. The summed E-state index contributed by atoms with van der Waals surface area (Å²) in [6.07, 6.45) is 4.64. The first-order valence-corrected chi connectivity index (χ1v) is 8.08. The zero-order valence-electron chi connectivity index (χ0n) is 12.6. The third-order valence-corrected chi connectivity index (χ3v) is 4.16. The summed E-state index contributed by atoms with van der Waals surface area (Å²) >= 11 is 2.27. The van der Waals surface area contributed by atoms with E-state index in [0.717, 1.165) is 40.3 Å². The van der Waals surface area contributed by atoms with Gasteiger partial charge in [-0.2, -0.15) is 0 Å². The summed E-state index contributed by atoms with van der Waals surface area (Å²) in [5.41, 5.74) is 1.82. The monoisotopic (exact) mass is 401 g/mol. The minimum Gasteiger partial charge on any atom is -0.378 e. The van der Waals surface area contributed by atoms with Crippen molar-refractivity contribution >= 4 is 28.4 Å². The molecule has 0 aliphatic carbocycles. The van der Waals surface area contributed by atoms with Gasteiger partial charge in [-0.1, -0.05) is 6.92 Å². The maximum Gasteiger partial charge on any atom is 0.180 e. The van der Waals surface area contributed by atoms with E-state index in [0.29, 0.717) is 12.4 Å². The Morgan fingerprint density at radius 1 is 1.33 bits per heavy atom. The van der Waals surface area contributed by atoms with Gasteiger partial charge in [-0.3, -0.25) is 0 Å². The summed E-state index contributed by atoms with van der Waals surface area (Å²) in [6.45, 7) is 6.39. The van der Waals surface area contributed by atoms with Crippen molar-refractivity contribution in [1.29, 1.82) is 0 Å². The summed E-state index contributed by atoms with van der Waals surface area (Å²) in [6, 6.07) is 0. The normalized spacial score (nSPS) is 10.9. The van der Waals surface area contributed by atoms with Crippen molar-refractivity contribution in [3.8, 4) is 11.5 Å². The van der Waals surface area contributed by atoms with Crippen LogP contribution in [-0.4, -0.2) is 33.2 Å². The fourth-order valence-electron chi connectivity index (χ4n) is 1.96. The predicted octanol–water partition coefficient (Wildman–Crippen LogP) is 2.93. The number of methoxy groups -OCH3 is 1. The van der Waals surface area contributed by atoms with Crippen LogP contribution < -0.4 is 5.32 Å². The highest BCUT2D eigenvalue weighted by Crippen LogP contribution is 2.24. The number of ether oxygens (including phenoxy) is 1. The number of aromatic nitrogens is 4. The van der Waals surface area contributed by atoms with Crippen molar-refractivity contribution in [3.05, 3.63) is 21.8 Å². The lowest BCUT2D eigenvalue weighted by Gasteiger charge is -2.13. The van der Waals surface area contributed by atoms with Crippen LogP contribution in [0.2, 0.25) is 0 Å². The van der Waals surface area contributed by atoms with Gasteiger partial charge < -0.3 is 14.6 Å². The molecule has 2 aromatic rings. The zero-order chi connectivity index (χ0) is 15.2.